The number of nitrogens with one attached hydrogen (secondary N) is 1. The number of carbonyl (C=O) groups is 1. The van der Waals surface area contributed by atoms with Crippen LogP contribution in [0.4, 0.5) is 5.82 Å². The van der Waals surface area contributed by atoms with E-state index in [1.807, 2.05) is 12.1 Å². The average Bonchev–Trinajstić information content (AvgIpc) is 3.10. The summed E-state index contributed by atoms with van der Waals surface area (Å²) in [5.74, 6) is 1.70. The Morgan fingerprint density at radius 2 is 2.04 bits per heavy atom. The Labute approximate surface area is 156 Å². The van der Waals surface area contributed by atoms with E-state index in [1.54, 1.807) is 55.4 Å². The van der Waals surface area contributed by atoms with Gasteiger partial charge in [0.05, 0.1) is 25.6 Å². The number of hydrogen-bond acceptors (Lipinski definition) is 5. The summed E-state index contributed by atoms with van der Waals surface area (Å²) in [6.07, 6.45) is 1.92. The topological polar surface area (TPSA) is 85.6 Å². The number of phenolic OH excluding ortho intramolecular Hbond substituents is 1. The number of methoxy groups -OCH3 is 2. The molecular weight excluding hydrogens is 346 g/mol. The van der Waals surface area contributed by atoms with Crippen molar-refractivity contribution >= 4 is 11.7 Å². The molecule has 0 spiro atoms. The van der Waals surface area contributed by atoms with Crippen molar-refractivity contribution in [2.75, 3.05) is 19.5 Å². The first-order chi connectivity index (χ1) is 13.1. The third kappa shape index (κ3) is 2.97. The van der Waals surface area contributed by atoms with E-state index in [1.165, 1.54) is 0 Å². The van der Waals surface area contributed by atoms with Gasteiger partial charge in [0, 0.05) is 18.4 Å². The second-order valence-electron chi connectivity index (χ2n) is 6.29. The highest BCUT2D eigenvalue weighted by Crippen LogP contribution is 2.39. The lowest BCUT2D eigenvalue weighted by Crippen LogP contribution is -2.25. The number of amides is 1. The molecular formula is C20H19N3O4. The maximum atomic E-state index is 12.4. The molecule has 7 heteroatoms. The number of ether oxygens (including phenoxy) is 2. The Kier molecular flexibility index (Phi) is 4.19. The summed E-state index contributed by atoms with van der Waals surface area (Å²) in [5, 5.41) is 12.7. The Hall–Kier alpha value is -3.48. The van der Waals surface area contributed by atoms with Crippen molar-refractivity contribution in [2.45, 2.75) is 12.3 Å². The van der Waals surface area contributed by atoms with Gasteiger partial charge in [-0.1, -0.05) is 12.1 Å². The predicted molar refractivity (Wildman–Crippen MR) is 99.9 cm³/mol. The Balaban J connectivity index is 1.85. The molecule has 4 rings (SSSR count). The normalized spacial score (nSPS) is 15.8. The van der Waals surface area contributed by atoms with E-state index < -0.39 is 0 Å². The van der Waals surface area contributed by atoms with Crippen LogP contribution >= 0.6 is 0 Å². The number of imidazole rings is 1. The van der Waals surface area contributed by atoms with Crippen LogP contribution in [-0.2, 0) is 4.79 Å². The van der Waals surface area contributed by atoms with E-state index in [-0.39, 0.29) is 24.0 Å². The summed E-state index contributed by atoms with van der Waals surface area (Å²) in [7, 11) is 3.18. The molecule has 0 bridgehead atoms. The van der Waals surface area contributed by atoms with Crippen molar-refractivity contribution in [1.82, 2.24) is 9.55 Å². The summed E-state index contributed by atoms with van der Waals surface area (Å²) in [4.78, 5) is 16.9. The van der Waals surface area contributed by atoms with Gasteiger partial charge in [-0.15, -0.1) is 0 Å². The SMILES string of the molecule is COc1ccc(OC)c(-n2cnc3c2NC(=O)CC3c2cccc(O)c2)c1. The van der Waals surface area contributed by atoms with Crippen LogP contribution in [0.15, 0.2) is 48.8 Å². The van der Waals surface area contributed by atoms with Gasteiger partial charge >= 0.3 is 0 Å². The van der Waals surface area contributed by atoms with Crippen LogP contribution in [-0.4, -0.2) is 34.8 Å². The number of benzene rings is 2. The minimum Gasteiger partial charge on any atom is -0.508 e. The fraction of sp³-hybridized carbons (Fsp3) is 0.200. The van der Waals surface area contributed by atoms with Crippen molar-refractivity contribution < 1.29 is 19.4 Å². The van der Waals surface area contributed by atoms with Crippen molar-refractivity contribution in [3.63, 3.8) is 0 Å². The van der Waals surface area contributed by atoms with Crippen LogP contribution in [0.5, 0.6) is 17.2 Å². The van der Waals surface area contributed by atoms with Crippen LogP contribution in [0.3, 0.4) is 0 Å². The first-order valence-electron chi connectivity index (χ1n) is 8.49. The van der Waals surface area contributed by atoms with Gasteiger partial charge < -0.3 is 19.9 Å². The zero-order chi connectivity index (χ0) is 19.0. The first-order valence-corrected chi connectivity index (χ1v) is 8.49. The molecule has 1 aliphatic heterocycles. The predicted octanol–water partition coefficient (Wildman–Crippen LogP) is 3.07. The highest BCUT2D eigenvalue weighted by molar-refractivity contribution is 5.94. The number of carbonyl (C=O) groups excluding carboxylic acids is 1. The maximum Gasteiger partial charge on any atom is 0.226 e. The molecule has 2 aromatic carbocycles. The molecule has 0 saturated carbocycles. The summed E-state index contributed by atoms with van der Waals surface area (Å²) in [6, 6.07) is 12.4. The molecule has 0 aliphatic carbocycles. The number of anilines is 1. The highest BCUT2D eigenvalue weighted by Gasteiger charge is 2.31. The molecule has 0 fully saturated rings. The van der Waals surface area contributed by atoms with E-state index >= 15 is 0 Å². The second-order valence-corrected chi connectivity index (χ2v) is 6.29. The van der Waals surface area contributed by atoms with Crippen LogP contribution in [0.1, 0.15) is 23.6 Å². The number of rotatable bonds is 4. The van der Waals surface area contributed by atoms with Crippen LogP contribution < -0.4 is 14.8 Å². The number of phenols is 1. The number of fused-ring (bicyclic) bond motifs is 1. The smallest absolute Gasteiger partial charge is 0.226 e. The molecule has 3 aromatic rings. The Morgan fingerprint density at radius 1 is 1.19 bits per heavy atom. The van der Waals surface area contributed by atoms with E-state index in [0.717, 1.165) is 11.3 Å². The first kappa shape index (κ1) is 17.0. The number of aromatic hydroxyl groups is 1. The summed E-state index contributed by atoms with van der Waals surface area (Å²) in [6.45, 7) is 0. The number of hydrogen-bond donors (Lipinski definition) is 2. The lowest BCUT2D eigenvalue weighted by atomic mass is 9.90. The van der Waals surface area contributed by atoms with Crippen molar-refractivity contribution in [3.05, 3.63) is 60.0 Å². The van der Waals surface area contributed by atoms with Gasteiger partial charge in [0.1, 0.15) is 29.4 Å². The van der Waals surface area contributed by atoms with Crippen LogP contribution in [0.2, 0.25) is 0 Å². The molecule has 2 N–H and O–H groups in total. The Bertz CT molecular complexity index is 1010. The van der Waals surface area contributed by atoms with Crippen LogP contribution in [0.25, 0.3) is 5.69 Å². The monoisotopic (exact) mass is 365 g/mol. The minimum atomic E-state index is -0.237. The van der Waals surface area contributed by atoms with Gasteiger partial charge in [-0.25, -0.2) is 4.98 Å². The van der Waals surface area contributed by atoms with Crippen LogP contribution in [0, 0.1) is 0 Å². The van der Waals surface area contributed by atoms with E-state index in [9.17, 15) is 9.90 Å². The van der Waals surface area contributed by atoms with Crippen molar-refractivity contribution in [2.24, 2.45) is 0 Å². The largest absolute Gasteiger partial charge is 0.508 e. The average molecular weight is 365 g/mol. The maximum absolute atomic E-state index is 12.4. The molecule has 27 heavy (non-hydrogen) atoms. The van der Waals surface area contributed by atoms with Gasteiger partial charge in [-0.2, -0.15) is 0 Å². The molecule has 1 aliphatic rings. The molecule has 1 atom stereocenters. The van der Waals surface area contributed by atoms with Crippen molar-refractivity contribution in [3.8, 4) is 22.9 Å². The number of nitrogens with zero attached hydrogens (tertiary/aromatic N) is 2. The summed E-state index contributed by atoms with van der Waals surface area (Å²) in [5.41, 5.74) is 2.29. The zero-order valence-electron chi connectivity index (χ0n) is 15.0. The summed E-state index contributed by atoms with van der Waals surface area (Å²) < 4.78 is 12.6. The van der Waals surface area contributed by atoms with E-state index in [2.05, 4.69) is 10.3 Å². The molecule has 1 amide bonds. The standard InChI is InChI=1S/C20H19N3O4/c1-26-14-6-7-17(27-2)16(9-14)23-11-21-19-15(10-18(25)22-20(19)23)12-4-3-5-13(24)8-12/h3-9,11,15,24H,10H2,1-2H3,(H,22,25). The third-order valence-corrected chi connectivity index (χ3v) is 4.69. The van der Waals surface area contributed by atoms with E-state index in [4.69, 9.17) is 9.47 Å². The lowest BCUT2D eigenvalue weighted by Gasteiger charge is -2.24. The van der Waals surface area contributed by atoms with Gasteiger partial charge in [-0.3, -0.25) is 9.36 Å². The molecule has 2 heterocycles. The molecule has 7 nitrogen and oxygen atoms in total. The molecule has 0 saturated heterocycles. The van der Waals surface area contributed by atoms with Gasteiger partial charge in [0.15, 0.2) is 0 Å². The number of aromatic nitrogens is 2. The molecule has 1 unspecified atom stereocenters. The molecule has 0 radical (unpaired) electrons. The van der Waals surface area contributed by atoms with Gasteiger partial charge in [0.25, 0.3) is 0 Å². The fourth-order valence-corrected chi connectivity index (χ4v) is 3.39. The quantitative estimate of drug-likeness (QED) is 0.742. The molecule has 1 aromatic heterocycles. The zero-order valence-corrected chi connectivity index (χ0v) is 15.0. The van der Waals surface area contributed by atoms with E-state index in [0.29, 0.717) is 23.0 Å². The van der Waals surface area contributed by atoms with Crippen molar-refractivity contribution in [1.29, 1.82) is 0 Å². The van der Waals surface area contributed by atoms with Gasteiger partial charge in [-0.05, 0) is 29.8 Å². The Morgan fingerprint density at radius 3 is 2.78 bits per heavy atom. The van der Waals surface area contributed by atoms with Gasteiger partial charge in [0.2, 0.25) is 5.91 Å². The lowest BCUT2D eigenvalue weighted by molar-refractivity contribution is -0.116. The fourth-order valence-electron chi connectivity index (χ4n) is 3.39. The summed E-state index contributed by atoms with van der Waals surface area (Å²) >= 11 is 0. The third-order valence-electron chi connectivity index (χ3n) is 4.69. The second kappa shape index (κ2) is 6.68. The highest BCUT2D eigenvalue weighted by atomic mass is 16.5. The minimum absolute atomic E-state index is 0.112. The molecule has 138 valence electrons.